The Kier molecular flexibility index (Phi) is 4.78. The first kappa shape index (κ1) is 18.8. The molecule has 2 aromatic rings. The number of nitrogens with zero attached hydrogens (tertiary/aromatic N) is 3. The van der Waals surface area contributed by atoms with Gasteiger partial charge >= 0.3 is 5.91 Å². The molecule has 28 heavy (non-hydrogen) atoms. The average Bonchev–Trinajstić information content (AvgIpc) is 2.93. The first-order chi connectivity index (χ1) is 13.4. The highest BCUT2D eigenvalue weighted by Crippen LogP contribution is 2.30. The van der Waals surface area contributed by atoms with E-state index in [0.717, 1.165) is 5.56 Å². The van der Waals surface area contributed by atoms with Crippen LogP contribution in [0.1, 0.15) is 15.9 Å². The topological polar surface area (TPSA) is 78.0 Å². The van der Waals surface area contributed by atoms with Gasteiger partial charge in [0.25, 0.3) is 5.78 Å². The second kappa shape index (κ2) is 7.12. The fraction of sp³-hybridized carbons (Fsp3) is 0.300. The number of anilines is 1. The van der Waals surface area contributed by atoms with E-state index in [-0.39, 0.29) is 11.6 Å². The van der Waals surface area contributed by atoms with Crippen molar-refractivity contribution in [2.45, 2.75) is 11.8 Å². The molecule has 7 nitrogen and oxygen atoms in total. The summed E-state index contributed by atoms with van der Waals surface area (Å²) < 4.78 is 26.9. The van der Waals surface area contributed by atoms with E-state index in [2.05, 4.69) is 0 Å². The van der Waals surface area contributed by atoms with Crippen molar-refractivity contribution in [3.63, 3.8) is 0 Å². The van der Waals surface area contributed by atoms with Crippen molar-refractivity contribution < 1.29 is 18.0 Å². The van der Waals surface area contributed by atoms with Crippen LogP contribution >= 0.6 is 0 Å². The molecule has 0 radical (unpaired) electrons. The van der Waals surface area contributed by atoms with Crippen LogP contribution in [0.4, 0.5) is 5.69 Å². The Hall–Kier alpha value is -2.55. The standard InChI is InChI=1S/C20H21N3O4S/c1-15-7-8-18-17(13-15)19(24)20(25)23(18)14-21-9-11-22(12-10-21)28(26,27)16-5-3-2-4-6-16/h2-8,13H,9-12,14H2,1H3. The average molecular weight is 399 g/mol. The quantitative estimate of drug-likeness (QED) is 0.728. The van der Waals surface area contributed by atoms with Crippen LogP contribution < -0.4 is 4.90 Å². The predicted octanol–water partition coefficient (Wildman–Crippen LogP) is 1.49. The van der Waals surface area contributed by atoms with E-state index < -0.39 is 21.7 Å². The fourth-order valence-corrected chi connectivity index (χ4v) is 5.05. The third-order valence-electron chi connectivity index (χ3n) is 5.18. The van der Waals surface area contributed by atoms with Gasteiger partial charge in [0, 0.05) is 26.2 Å². The molecule has 4 rings (SSSR count). The van der Waals surface area contributed by atoms with Gasteiger partial charge < -0.3 is 0 Å². The maximum absolute atomic E-state index is 12.7. The van der Waals surface area contributed by atoms with Crippen molar-refractivity contribution in [3.05, 3.63) is 59.7 Å². The zero-order chi connectivity index (χ0) is 19.9. The molecule has 1 saturated heterocycles. The molecule has 2 heterocycles. The lowest BCUT2D eigenvalue weighted by atomic mass is 10.1. The molecule has 146 valence electrons. The van der Waals surface area contributed by atoms with E-state index in [4.69, 9.17) is 0 Å². The highest BCUT2D eigenvalue weighted by atomic mass is 32.2. The van der Waals surface area contributed by atoms with E-state index in [9.17, 15) is 18.0 Å². The summed E-state index contributed by atoms with van der Waals surface area (Å²) in [4.78, 5) is 28.4. The molecule has 0 unspecified atom stereocenters. The third-order valence-corrected chi connectivity index (χ3v) is 7.09. The largest absolute Gasteiger partial charge is 0.300 e. The number of fused-ring (bicyclic) bond motifs is 1. The number of carbonyl (C=O) groups is 2. The lowest BCUT2D eigenvalue weighted by Crippen LogP contribution is -2.52. The van der Waals surface area contributed by atoms with Crippen LogP contribution in [0.25, 0.3) is 0 Å². The fourth-order valence-electron chi connectivity index (χ4n) is 3.61. The predicted molar refractivity (Wildman–Crippen MR) is 105 cm³/mol. The maximum atomic E-state index is 12.7. The number of amides is 1. The van der Waals surface area contributed by atoms with Gasteiger partial charge in [0.1, 0.15) is 0 Å². The van der Waals surface area contributed by atoms with Crippen LogP contribution in [0.2, 0.25) is 0 Å². The van der Waals surface area contributed by atoms with E-state index in [0.29, 0.717) is 37.4 Å². The number of rotatable bonds is 4. The molecule has 0 N–H and O–H groups in total. The number of hydrogen-bond donors (Lipinski definition) is 0. The van der Waals surface area contributed by atoms with Crippen molar-refractivity contribution in [3.8, 4) is 0 Å². The van der Waals surface area contributed by atoms with Crippen LogP contribution in [0, 0.1) is 6.92 Å². The summed E-state index contributed by atoms with van der Waals surface area (Å²) in [5.74, 6) is -1.01. The molecule has 2 aromatic carbocycles. The normalized spacial score (nSPS) is 18.5. The minimum absolute atomic E-state index is 0.278. The summed E-state index contributed by atoms with van der Waals surface area (Å²) in [6.45, 7) is 3.82. The number of piperazine rings is 1. The van der Waals surface area contributed by atoms with Crippen molar-refractivity contribution >= 4 is 27.4 Å². The molecule has 0 atom stereocenters. The minimum Gasteiger partial charge on any atom is -0.291 e. The van der Waals surface area contributed by atoms with Gasteiger partial charge in [0.05, 0.1) is 22.8 Å². The molecule has 0 saturated carbocycles. The first-order valence-electron chi connectivity index (χ1n) is 9.12. The van der Waals surface area contributed by atoms with Crippen LogP contribution in [-0.2, 0) is 14.8 Å². The molecule has 1 amide bonds. The summed E-state index contributed by atoms with van der Waals surface area (Å²) in [7, 11) is -3.51. The molecule has 0 aromatic heterocycles. The highest BCUT2D eigenvalue weighted by molar-refractivity contribution is 7.89. The summed E-state index contributed by atoms with van der Waals surface area (Å²) in [5, 5.41) is 0. The second-order valence-electron chi connectivity index (χ2n) is 7.06. The molecule has 0 bridgehead atoms. The van der Waals surface area contributed by atoms with Gasteiger partial charge in [0.15, 0.2) is 0 Å². The van der Waals surface area contributed by atoms with Crippen molar-refractivity contribution in [2.24, 2.45) is 0 Å². The van der Waals surface area contributed by atoms with Gasteiger partial charge in [-0.05, 0) is 31.2 Å². The van der Waals surface area contributed by atoms with Gasteiger partial charge in [-0.1, -0.05) is 29.8 Å². The van der Waals surface area contributed by atoms with E-state index in [1.807, 2.05) is 17.9 Å². The van der Waals surface area contributed by atoms with Gasteiger partial charge in [-0.3, -0.25) is 19.4 Å². The summed E-state index contributed by atoms with van der Waals surface area (Å²) in [5.41, 5.74) is 2.00. The smallest absolute Gasteiger partial charge is 0.291 e. The van der Waals surface area contributed by atoms with Crippen molar-refractivity contribution in [1.82, 2.24) is 9.21 Å². The number of ketones is 1. The number of benzene rings is 2. The van der Waals surface area contributed by atoms with E-state index in [1.165, 1.54) is 9.21 Å². The molecule has 0 spiro atoms. The van der Waals surface area contributed by atoms with Crippen LogP contribution in [0.3, 0.4) is 0 Å². The molecule has 8 heteroatoms. The minimum atomic E-state index is -3.51. The zero-order valence-corrected chi connectivity index (χ0v) is 16.4. The number of Topliss-reactive ketones (excluding diaryl/α,β-unsaturated/α-hetero) is 1. The Morgan fingerprint density at radius 1 is 0.929 bits per heavy atom. The lowest BCUT2D eigenvalue weighted by Gasteiger charge is -2.35. The second-order valence-corrected chi connectivity index (χ2v) is 9.00. The molecule has 1 fully saturated rings. The molecular formula is C20H21N3O4S. The highest BCUT2D eigenvalue weighted by Gasteiger charge is 2.37. The summed E-state index contributed by atoms with van der Waals surface area (Å²) in [6.07, 6.45) is 0. The van der Waals surface area contributed by atoms with Crippen molar-refractivity contribution in [1.29, 1.82) is 0 Å². The third kappa shape index (κ3) is 3.23. The van der Waals surface area contributed by atoms with Crippen molar-refractivity contribution in [2.75, 3.05) is 37.7 Å². The Labute approximate surface area is 164 Å². The lowest BCUT2D eigenvalue weighted by molar-refractivity contribution is -0.114. The van der Waals surface area contributed by atoms with Gasteiger partial charge in [-0.2, -0.15) is 4.31 Å². The first-order valence-corrected chi connectivity index (χ1v) is 10.6. The Morgan fingerprint density at radius 3 is 2.29 bits per heavy atom. The van der Waals surface area contributed by atoms with Crippen LogP contribution in [0.5, 0.6) is 0 Å². The SMILES string of the molecule is Cc1ccc2c(c1)C(=O)C(=O)N2CN1CCN(S(=O)(=O)c2ccccc2)CC1. The number of aryl methyl sites for hydroxylation is 1. The number of sulfonamides is 1. The Bertz CT molecular complexity index is 1030. The number of carbonyl (C=O) groups excluding carboxylic acids is 2. The Morgan fingerprint density at radius 2 is 1.61 bits per heavy atom. The van der Waals surface area contributed by atoms with E-state index in [1.54, 1.807) is 42.5 Å². The molecule has 2 aliphatic rings. The molecule has 2 aliphatic heterocycles. The summed E-state index contributed by atoms with van der Waals surface area (Å²) in [6, 6.07) is 13.8. The van der Waals surface area contributed by atoms with Gasteiger partial charge in [-0.25, -0.2) is 8.42 Å². The monoisotopic (exact) mass is 399 g/mol. The zero-order valence-electron chi connectivity index (χ0n) is 15.5. The summed E-state index contributed by atoms with van der Waals surface area (Å²) >= 11 is 0. The van der Waals surface area contributed by atoms with Crippen LogP contribution in [-0.4, -0.2) is 62.2 Å². The van der Waals surface area contributed by atoms with E-state index >= 15 is 0 Å². The van der Waals surface area contributed by atoms with Gasteiger partial charge in [0.2, 0.25) is 10.0 Å². The Balaban J connectivity index is 1.44. The molecular weight excluding hydrogens is 378 g/mol. The van der Waals surface area contributed by atoms with Crippen LogP contribution in [0.15, 0.2) is 53.4 Å². The number of hydrogen-bond acceptors (Lipinski definition) is 5. The molecule has 0 aliphatic carbocycles. The van der Waals surface area contributed by atoms with Gasteiger partial charge in [-0.15, -0.1) is 0 Å². The maximum Gasteiger partial charge on any atom is 0.300 e.